The highest BCUT2D eigenvalue weighted by Gasteiger charge is 2.34. The number of carbonyl (C=O) groups is 2. The Morgan fingerprint density at radius 3 is 2.52 bits per heavy atom. The molecule has 0 bridgehead atoms. The molecule has 1 aliphatic heterocycles. The second-order valence-corrected chi connectivity index (χ2v) is 6.87. The highest BCUT2D eigenvalue weighted by Crippen LogP contribution is 2.24. The fourth-order valence-corrected chi connectivity index (χ4v) is 2.68. The van der Waals surface area contributed by atoms with Crippen molar-refractivity contribution < 1.29 is 14.7 Å². The Morgan fingerprint density at radius 1 is 1.35 bits per heavy atom. The van der Waals surface area contributed by atoms with Crippen LogP contribution < -0.4 is 5.32 Å². The van der Waals surface area contributed by atoms with Crippen molar-refractivity contribution in [2.45, 2.75) is 52.3 Å². The minimum atomic E-state index is -0.969. The number of benzene rings is 1. The van der Waals surface area contributed by atoms with Gasteiger partial charge in [-0.15, -0.1) is 0 Å². The fraction of sp³-hybridized carbons (Fsp3) is 0.556. The molecule has 23 heavy (non-hydrogen) atoms. The maximum atomic E-state index is 12.6. The predicted molar refractivity (Wildman–Crippen MR) is 88.6 cm³/mol. The van der Waals surface area contributed by atoms with Crippen molar-refractivity contribution in [2.24, 2.45) is 5.92 Å². The molecule has 0 spiro atoms. The van der Waals surface area contributed by atoms with E-state index in [4.69, 9.17) is 0 Å². The molecular weight excluding hydrogens is 292 g/mol. The minimum absolute atomic E-state index is 0.0267. The monoisotopic (exact) mass is 318 g/mol. The summed E-state index contributed by atoms with van der Waals surface area (Å²) in [5.74, 6) is -0.301. The van der Waals surface area contributed by atoms with Gasteiger partial charge >= 0.3 is 0 Å². The zero-order chi connectivity index (χ0) is 17.2. The maximum absolute atomic E-state index is 12.6. The third kappa shape index (κ3) is 3.91. The van der Waals surface area contributed by atoms with Crippen LogP contribution in [0.2, 0.25) is 0 Å². The Bertz CT molecular complexity index is 596. The second kappa shape index (κ2) is 6.71. The highest BCUT2D eigenvalue weighted by atomic mass is 16.3. The van der Waals surface area contributed by atoms with Gasteiger partial charge in [-0.3, -0.25) is 9.59 Å². The number of hydrogen-bond donors (Lipinski definition) is 2. The van der Waals surface area contributed by atoms with Gasteiger partial charge in [0.25, 0.3) is 0 Å². The molecule has 5 nitrogen and oxygen atoms in total. The number of hydrogen-bond acceptors (Lipinski definition) is 3. The summed E-state index contributed by atoms with van der Waals surface area (Å²) in [4.78, 5) is 26.1. The first kappa shape index (κ1) is 17.5. The molecule has 2 atom stereocenters. The SMILES string of the molecule is CC(=O)N1Cc2ccccc2CC1C(=O)NCC(C)(O)C(C)C. The molecule has 0 fully saturated rings. The first-order chi connectivity index (χ1) is 10.7. The van der Waals surface area contributed by atoms with Crippen LogP contribution in [0.5, 0.6) is 0 Å². The lowest BCUT2D eigenvalue weighted by atomic mass is 9.91. The molecule has 0 saturated heterocycles. The lowest BCUT2D eigenvalue weighted by molar-refractivity contribution is -0.140. The van der Waals surface area contributed by atoms with E-state index in [1.165, 1.54) is 6.92 Å². The number of amides is 2. The molecule has 5 heteroatoms. The third-order valence-electron chi connectivity index (χ3n) is 4.82. The van der Waals surface area contributed by atoms with Crippen molar-refractivity contribution >= 4 is 11.8 Å². The second-order valence-electron chi connectivity index (χ2n) is 6.87. The Kier molecular flexibility index (Phi) is 5.09. The van der Waals surface area contributed by atoms with Gasteiger partial charge in [0, 0.05) is 26.4 Å². The van der Waals surface area contributed by atoms with Crippen molar-refractivity contribution in [3.8, 4) is 0 Å². The van der Waals surface area contributed by atoms with Gasteiger partial charge in [0.15, 0.2) is 0 Å². The zero-order valence-electron chi connectivity index (χ0n) is 14.3. The smallest absolute Gasteiger partial charge is 0.243 e. The van der Waals surface area contributed by atoms with E-state index in [9.17, 15) is 14.7 Å². The average molecular weight is 318 g/mol. The van der Waals surface area contributed by atoms with Gasteiger partial charge in [0.1, 0.15) is 6.04 Å². The van der Waals surface area contributed by atoms with Crippen LogP contribution in [0.25, 0.3) is 0 Å². The summed E-state index contributed by atoms with van der Waals surface area (Å²) in [5, 5.41) is 13.1. The average Bonchev–Trinajstić information content (AvgIpc) is 2.51. The lowest BCUT2D eigenvalue weighted by Gasteiger charge is -2.36. The molecule has 2 amide bonds. The standard InChI is InChI=1S/C18H26N2O3/c1-12(2)18(4,23)11-19-17(22)16-9-14-7-5-6-8-15(14)10-20(16)13(3)21/h5-8,12,16,23H,9-11H2,1-4H3,(H,19,22). The van der Waals surface area contributed by atoms with Gasteiger partial charge in [-0.25, -0.2) is 0 Å². The van der Waals surface area contributed by atoms with Gasteiger partial charge in [-0.2, -0.15) is 0 Å². The van der Waals surface area contributed by atoms with Crippen molar-refractivity contribution in [2.75, 3.05) is 6.54 Å². The van der Waals surface area contributed by atoms with Crippen LogP contribution in [0.3, 0.4) is 0 Å². The van der Waals surface area contributed by atoms with E-state index in [2.05, 4.69) is 5.32 Å². The van der Waals surface area contributed by atoms with E-state index in [-0.39, 0.29) is 24.3 Å². The lowest BCUT2D eigenvalue weighted by Crippen LogP contribution is -2.54. The normalized spacial score (nSPS) is 19.9. The molecule has 0 aromatic heterocycles. The summed E-state index contributed by atoms with van der Waals surface area (Å²) in [5.41, 5.74) is 1.21. The maximum Gasteiger partial charge on any atom is 0.243 e. The number of rotatable bonds is 4. The molecule has 2 unspecified atom stereocenters. The molecule has 1 aliphatic rings. The molecule has 2 rings (SSSR count). The van der Waals surface area contributed by atoms with E-state index in [0.29, 0.717) is 13.0 Å². The van der Waals surface area contributed by atoms with E-state index in [0.717, 1.165) is 11.1 Å². The summed E-state index contributed by atoms with van der Waals surface area (Å²) < 4.78 is 0. The zero-order valence-corrected chi connectivity index (χ0v) is 14.3. The van der Waals surface area contributed by atoms with E-state index in [1.807, 2.05) is 38.1 Å². The van der Waals surface area contributed by atoms with Gasteiger partial charge in [0.2, 0.25) is 11.8 Å². The van der Waals surface area contributed by atoms with Crippen molar-refractivity contribution in [3.05, 3.63) is 35.4 Å². The molecule has 1 aromatic carbocycles. The largest absolute Gasteiger partial charge is 0.388 e. The highest BCUT2D eigenvalue weighted by molar-refractivity contribution is 5.87. The number of nitrogens with zero attached hydrogens (tertiary/aromatic N) is 1. The summed E-state index contributed by atoms with van der Waals surface area (Å²) in [6, 6.07) is 7.35. The van der Waals surface area contributed by atoms with Crippen LogP contribution in [0.1, 0.15) is 38.8 Å². The number of nitrogens with one attached hydrogen (secondary N) is 1. The van der Waals surface area contributed by atoms with Gasteiger partial charge in [-0.1, -0.05) is 38.1 Å². The quantitative estimate of drug-likeness (QED) is 0.883. The Balaban J connectivity index is 2.13. The molecular formula is C18H26N2O3. The van der Waals surface area contributed by atoms with Crippen LogP contribution in [-0.2, 0) is 22.6 Å². The van der Waals surface area contributed by atoms with Crippen molar-refractivity contribution in [1.82, 2.24) is 10.2 Å². The van der Waals surface area contributed by atoms with E-state index < -0.39 is 11.6 Å². The Morgan fingerprint density at radius 2 is 1.96 bits per heavy atom. The molecule has 0 saturated carbocycles. The molecule has 2 N–H and O–H groups in total. The van der Waals surface area contributed by atoms with Crippen LogP contribution in [0.15, 0.2) is 24.3 Å². The Labute approximate surface area is 137 Å². The van der Waals surface area contributed by atoms with E-state index >= 15 is 0 Å². The van der Waals surface area contributed by atoms with Crippen LogP contribution in [0, 0.1) is 5.92 Å². The topological polar surface area (TPSA) is 69.6 Å². The van der Waals surface area contributed by atoms with Crippen LogP contribution >= 0.6 is 0 Å². The molecule has 1 aromatic rings. The van der Waals surface area contributed by atoms with Crippen molar-refractivity contribution in [1.29, 1.82) is 0 Å². The van der Waals surface area contributed by atoms with Gasteiger partial charge in [-0.05, 0) is 24.0 Å². The molecule has 126 valence electrons. The van der Waals surface area contributed by atoms with Gasteiger partial charge < -0.3 is 15.3 Å². The summed E-state index contributed by atoms with van der Waals surface area (Å²) in [6.45, 7) is 7.63. The number of aliphatic hydroxyl groups is 1. The first-order valence-corrected chi connectivity index (χ1v) is 8.06. The fourth-order valence-electron chi connectivity index (χ4n) is 2.68. The number of carbonyl (C=O) groups excluding carboxylic acids is 2. The number of fused-ring (bicyclic) bond motifs is 1. The van der Waals surface area contributed by atoms with Crippen molar-refractivity contribution in [3.63, 3.8) is 0 Å². The Hall–Kier alpha value is -1.88. The molecule has 1 heterocycles. The summed E-state index contributed by atoms with van der Waals surface area (Å²) in [6.07, 6.45) is 0.505. The summed E-state index contributed by atoms with van der Waals surface area (Å²) in [7, 11) is 0. The molecule has 0 aliphatic carbocycles. The third-order valence-corrected chi connectivity index (χ3v) is 4.82. The molecule has 0 radical (unpaired) electrons. The first-order valence-electron chi connectivity index (χ1n) is 8.06. The summed E-state index contributed by atoms with van der Waals surface area (Å²) >= 11 is 0. The predicted octanol–water partition coefficient (Wildman–Crippen LogP) is 1.48. The van der Waals surface area contributed by atoms with Gasteiger partial charge in [0.05, 0.1) is 5.60 Å². The van der Waals surface area contributed by atoms with E-state index in [1.54, 1.807) is 11.8 Å². The van der Waals surface area contributed by atoms with Crippen LogP contribution in [0.4, 0.5) is 0 Å². The minimum Gasteiger partial charge on any atom is -0.388 e. The van der Waals surface area contributed by atoms with Crippen LogP contribution in [-0.4, -0.2) is 40.0 Å².